The van der Waals surface area contributed by atoms with E-state index in [0.29, 0.717) is 16.8 Å². The third kappa shape index (κ3) is 5.12. The van der Waals surface area contributed by atoms with Crippen LogP contribution in [0.5, 0.6) is 0 Å². The van der Waals surface area contributed by atoms with Gasteiger partial charge < -0.3 is 26.8 Å². The predicted molar refractivity (Wildman–Crippen MR) is 113 cm³/mol. The fourth-order valence-corrected chi connectivity index (χ4v) is 3.32. The fraction of sp³-hybridized carbons (Fsp3) is 0.238. The number of cyclic esters (lactones) is 1. The summed E-state index contributed by atoms with van der Waals surface area (Å²) < 4.78 is 20.0. The van der Waals surface area contributed by atoms with E-state index in [1.54, 1.807) is 18.2 Å². The molecule has 5 amide bonds. The molecule has 10 nitrogen and oxygen atoms in total. The van der Waals surface area contributed by atoms with Crippen LogP contribution in [-0.4, -0.2) is 43.1 Å². The van der Waals surface area contributed by atoms with Gasteiger partial charge in [-0.05, 0) is 29.3 Å². The lowest BCUT2D eigenvalue weighted by Crippen LogP contribution is -2.40. The van der Waals surface area contributed by atoms with Crippen molar-refractivity contribution in [1.29, 1.82) is 0 Å². The largest absolute Gasteiger partial charge is 0.442 e. The number of nitrogens with one attached hydrogen (secondary N) is 2. The molecule has 0 spiro atoms. The number of nitrogens with zero attached hydrogens (tertiary/aromatic N) is 1. The van der Waals surface area contributed by atoms with Crippen molar-refractivity contribution in [3.05, 3.63) is 53.8 Å². The zero-order valence-electron chi connectivity index (χ0n) is 17.1. The van der Waals surface area contributed by atoms with E-state index in [1.165, 1.54) is 36.1 Å². The molecule has 6 N–H and O–H groups in total. The Balaban J connectivity index is 1.77. The highest BCUT2D eigenvalue weighted by molar-refractivity contribution is 5.90. The second-order valence-electron chi connectivity index (χ2n) is 7.18. The zero-order chi connectivity index (χ0) is 23.4. The zero-order valence-corrected chi connectivity index (χ0v) is 17.1. The minimum absolute atomic E-state index is 0.168. The first-order chi connectivity index (χ1) is 15.2. The lowest BCUT2D eigenvalue weighted by Gasteiger charge is -2.16. The summed E-state index contributed by atoms with van der Waals surface area (Å²) in [6.07, 6.45) is -1.16. The third-order valence-corrected chi connectivity index (χ3v) is 4.84. The van der Waals surface area contributed by atoms with Gasteiger partial charge in [0, 0.05) is 12.5 Å². The molecule has 1 aliphatic heterocycles. The van der Waals surface area contributed by atoms with Gasteiger partial charge in [-0.1, -0.05) is 24.3 Å². The monoisotopic (exact) mass is 443 g/mol. The molecule has 0 bridgehead atoms. The Morgan fingerprint density at radius 3 is 2.44 bits per heavy atom. The number of benzene rings is 2. The van der Waals surface area contributed by atoms with Crippen LogP contribution in [0, 0.1) is 5.82 Å². The molecule has 0 aliphatic carbocycles. The molecule has 168 valence electrons. The summed E-state index contributed by atoms with van der Waals surface area (Å²) in [5.74, 6) is -1.61. The second-order valence-corrected chi connectivity index (χ2v) is 7.18. The number of amides is 5. The Kier molecular flexibility index (Phi) is 6.57. The predicted octanol–water partition coefficient (Wildman–Crippen LogP) is 1.15. The quantitative estimate of drug-likeness (QED) is 0.505. The Morgan fingerprint density at radius 2 is 1.88 bits per heavy atom. The normalized spacial score (nSPS) is 16.2. The molecule has 3 rings (SSSR count). The summed E-state index contributed by atoms with van der Waals surface area (Å²) in [6.45, 7) is 1.70. The first-order valence-corrected chi connectivity index (χ1v) is 9.63. The first-order valence-electron chi connectivity index (χ1n) is 9.63. The van der Waals surface area contributed by atoms with E-state index < -0.39 is 36.0 Å². The Bertz CT molecular complexity index is 1060. The van der Waals surface area contributed by atoms with Crippen molar-refractivity contribution < 1.29 is 28.3 Å². The number of rotatable bonds is 7. The summed E-state index contributed by atoms with van der Waals surface area (Å²) in [4.78, 5) is 47.1. The van der Waals surface area contributed by atoms with E-state index in [4.69, 9.17) is 16.2 Å². The number of carbonyl (C=O) groups is 4. The van der Waals surface area contributed by atoms with Gasteiger partial charge in [0.25, 0.3) is 0 Å². The minimum atomic E-state index is -1.11. The molecule has 1 aliphatic rings. The van der Waals surface area contributed by atoms with Crippen LogP contribution in [-0.2, 0) is 14.3 Å². The van der Waals surface area contributed by atoms with Crippen molar-refractivity contribution in [2.45, 2.75) is 19.1 Å². The number of urea groups is 1. The van der Waals surface area contributed by atoms with Crippen LogP contribution in [0.25, 0.3) is 11.1 Å². The third-order valence-electron chi connectivity index (χ3n) is 4.84. The Morgan fingerprint density at radius 1 is 1.19 bits per heavy atom. The van der Waals surface area contributed by atoms with Gasteiger partial charge in [-0.15, -0.1) is 0 Å². The number of anilines is 1. The van der Waals surface area contributed by atoms with Crippen LogP contribution < -0.4 is 27.0 Å². The van der Waals surface area contributed by atoms with E-state index in [2.05, 4.69) is 10.6 Å². The lowest BCUT2D eigenvalue weighted by atomic mass is 9.99. The van der Waals surface area contributed by atoms with Crippen LogP contribution in [0.1, 0.15) is 18.5 Å². The molecule has 2 aromatic rings. The van der Waals surface area contributed by atoms with Crippen LogP contribution in [0.4, 0.5) is 19.7 Å². The molecule has 0 unspecified atom stereocenters. The molecule has 1 heterocycles. The summed E-state index contributed by atoms with van der Waals surface area (Å²) in [5.41, 5.74) is 11.8. The van der Waals surface area contributed by atoms with Crippen LogP contribution in [0.15, 0.2) is 42.5 Å². The Labute approximate surface area is 182 Å². The highest BCUT2D eigenvalue weighted by atomic mass is 19.1. The van der Waals surface area contributed by atoms with Crippen molar-refractivity contribution in [3.8, 4) is 11.1 Å². The Hall–Kier alpha value is -4.15. The molecule has 0 aromatic heterocycles. The number of hydrogen-bond acceptors (Lipinski definition) is 5. The maximum absolute atomic E-state index is 14.8. The van der Waals surface area contributed by atoms with Crippen LogP contribution >= 0.6 is 0 Å². The van der Waals surface area contributed by atoms with Crippen molar-refractivity contribution in [3.63, 3.8) is 0 Å². The topological polar surface area (TPSA) is 157 Å². The summed E-state index contributed by atoms with van der Waals surface area (Å²) in [6, 6.07) is 8.48. The molecular weight excluding hydrogens is 421 g/mol. The van der Waals surface area contributed by atoms with Gasteiger partial charge in [-0.25, -0.2) is 14.0 Å². The van der Waals surface area contributed by atoms with E-state index in [9.17, 15) is 23.6 Å². The molecule has 11 heteroatoms. The SMILES string of the molecule is CC(=O)NC[C@H]1CN(c2ccc(-c3ccc([C@@H](NC(N)=O)C(N)=O)cc3)c(F)c2)C(=O)O1. The number of halogens is 1. The molecule has 32 heavy (non-hydrogen) atoms. The molecule has 2 aromatic carbocycles. The standard InChI is InChI=1S/C21H22FN5O5/c1-11(28)25-9-15-10-27(21(31)32-15)14-6-7-16(17(22)8-14)12-2-4-13(5-3-12)18(19(23)29)26-20(24)30/h2-8,15,18H,9-10H2,1H3,(H2,23,29)(H,25,28)(H3,24,26,30)/t15-,18+/m0/s1. The van der Waals surface area contributed by atoms with E-state index in [-0.39, 0.29) is 24.6 Å². The first kappa shape index (κ1) is 22.5. The minimum Gasteiger partial charge on any atom is -0.442 e. The highest BCUT2D eigenvalue weighted by Crippen LogP contribution is 2.30. The van der Waals surface area contributed by atoms with Gasteiger partial charge in [0.2, 0.25) is 11.8 Å². The number of hydrogen-bond donors (Lipinski definition) is 4. The summed E-state index contributed by atoms with van der Waals surface area (Å²) in [7, 11) is 0. The number of carbonyl (C=O) groups excluding carboxylic acids is 4. The van der Waals surface area contributed by atoms with E-state index in [1.807, 2.05) is 0 Å². The van der Waals surface area contributed by atoms with Crippen LogP contribution in [0.3, 0.4) is 0 Å². The average Bonchev–Trinajstić information content (AvgIpc) is 3.11. The molecule has 2 atom stereocenters. The maximum atomic E-state index is 14.8. The fourth-order valence-electron chi connectivity index (χ4n) is 3.32. The average molecular weight is 443 g/mol. The van der Waals surface area contributed by atoms with Crippen LogP contribution in [0.2, 0.25) is 0 Å². The number of primary amides is 2. The molecule has 0 saturated carbocycles. The van der Waals surface area contributed by atoms with Crippen molar-refractivity contribution >= 4 is 29.6 Å². The summed E-state index contributed by atoms with van der Waals surface area (Å²) in [5, 5.41) is 4.82. The smallest absolute Gasteiger partial charge is 0.414 e. The second kappa shape index (κ2) is 9.33. The van der Waals surface area contributed by atoms with Gasteiger partial charge in [0.15, 0.2) is 0 Å². The molecular formula is C21H22FN5O5. The maximum Gasteiger partial charge on any atom is 0.414 e. The lowest BCUT2D eigenvalue weighted by molar-refractivity contribution is -0.120. The number of nitrogens with two attached hydrogens (primary N) is 2. The van der Waals surface area contributed by atoms with Crippen molar-refractivity contribution in [2.75, 3.05) is 18.0 Å². The van der Waals surface area contributed by atoms with Gasteiger partial charge in [-0.2, -0.15) is 0 Å². The van der Waals surface area contributed by atoms with Crippen molar-refractivity contribution in [2.24, 2.45) is 11.5 Å². The number of ether oxygens (including phenoxy) is 1. The molecule has 1 saturated heterocycles. The van der Waals surface area contributed by atoms with Gasteiger partial charge in [0.1, 0.15) is 18.0 Å². The molecule has 0 radical (unpaired) electrons. The van der Waals surface area contributed by atoms with Crippen molar-refractivity contribution in [1.82, 2.24) is 10.6 Å². The van der Waals surface area contributed by atoms with Gasteiger partial charge >= 0.3 is 12.1 Å². The summed E-state index contributed by atoms with van der Waals surface area (Å²) >= 11 is 0. The van der Waals surface area contributed by atoms with Gasteiger partial charge in [0.05, 0.1) is 18.8 Å². The van der Waals surface area contributed by atoms with E-state index >= 15 is 0 Å². The molecule has 1 fully saturated rings. The highest BCUT2D eigenvalue weighted by Gasteiger charge is 2.32. The van der Waals surface area contributed by atoms with Gasteiger partial charge in [-0.3, -0.25) is 14.5 Å². The van der Waals surface area contributed by atoms with E-state index in [0.717, 1.165) is 0 Å².